The Morgan fingerprint density at radius 2 is 0.519 bits per heavy atom. The number of ether oxygens (including phenoxy) is 4. The second kappa shape index (κ2) is 77.6. The maximum Gasteiger partial charge on any atom is 0.472 e. The molecule has 0 heterocycles. The van der Waals surface area contributed by atoms with E-state index in [1.165, 1.54) is 19.3 Å². The molecule has 0 aromatic heterocycles. The topological polar surface area (TPSA) is 237 Å². The number of hydrogen-bond acceptors (Lipinski definition) is 15. The quantitative estimate of drug-likeness (QED) is 0.0169. The Bertz CT molecular complexity index is 2680. The fraction of sp³-hybridized carbons (Fsp3) is 0.632. The minimum atomic E-state index is -5.00. The molecule has 19 heteroatoms. The van der Waals surface area contributed by atoms with Gasteiger partial charge in [-0.1, -0.05) is 275 Å². The van der Waals surface area contributed by atoms with Gasteiger partial charge in [0.05, 0.1) is 26.4 Å². The average Bonchev–Trinajstić information content (AvgIpc) is 0.937. The van der Waals surface area contributed by atoms with E-state index in [1.807, 2.05) is 12.2 Å². The van der Waals surface area contributed by atoms with Crippen LogP contribution in [0.1, 0.15) is 297 Å². The van der Waals surface area contributed by atoms with Gasteiger partial charge in [0.25, 0.3) is 0 Å². The predicted octanol–water partition coefficient (Wildman–Crippen LogP) is 23.8. The molecule has 0 fully saturated rings. The highest BCUT2D eigenvalue weighted by molar-refractivity contribution is 7.47. The van der Waals surface area contributed by atoms with Gasteiger partial charge in [-0.15, -0.1) is 0 Å². The third kappa shape index (κ3) is 76.6. The SMILES string of the molecule is CC/C=C\C/C=C\C/C=C\C/C=C\C/C=C\CCCC(=O)OCC(COP(=O)(O)OCC(O)COP(=O)(O)OCC(COC(=O)CCCCCCCC/C=C\C/C=C\C/C=C\CCCCC)OC(=O)CCCCCC/C=C\C/C=C\C/C=C\C/C=C\CC)OC(=O)CCCCCCC/C=C\C/C=C\CCC. The fourth-order valence-electron chi connectivity index (χ4n) is 10.1. The highest BCUT2D eigenvalue weighted by atomic mass is 31.2. The Morgan fingerprint density at radius 1 is 0.274 bits per heavy atom. The summed E-state index contributed by atoms with van der Waals surface area (Å²) >= 11 is 0. The molecule has 17 nitrogen and oxygen atoms in total. The van der Waals surface area contributed by atoms with E-state index < -0.39 is 97.5 Å². The molecule has 0 aliphatic rings. The van der Waals surface area contributed by atoms with E-state index in [9.17, 15) is 43.2 Å². The number of carbonyl (C=O) groups excluding carboxylic acids is 4. The Labute approximate surface area is 642 Å². The summed E-state index contributed by atoms with van der Waals surface area (Å²) in [6.45, 7) is 4.42. The molecule has 0 amide bonds. The Morgan fingerprint density at radius 3 is 0.830 bits per heavy atom. The smallest absolute Gasteiger partial charge is 0.462 e. The summed E-state index contributed by atoms with van der Waals surface area (Å²) in [5, 5.41) is 10.6. The van der Waals surface area contributed by atoms with Crippen LogP contribution in [0.25, 0.3) is 0 Å². The number of rotatable bonds is 74. The molecule has 0 spiro atoms. The number of allylic oxidation sites excluding steroid dienone is 28. The molecular formula is C87H142O17P2. The Hall–Kier alpha value is -5.58. The van der Waals surface area contributed by atoms with Gasteiger partial charge >= 0.3 is 39.5 Å². The monoisotopic (exact) mass is 1520 g/mol. The second-order valence-corrected chi connectivity index (χ2v) is 29.1. The molecule has 5 unspecified atom stereocenters. The van der Waals surface area contributed by atoms with Crippen molar-refractivity contribution in [2.24, 2.45) is 0 Å². The van der Waals surface area contributed by atoms with Crippen LogP contribution >= 0.6 is 15.6 Å². The van der Waals surface area contributed by atoms with Gasteiger partial charge in [0.1, 0.15) is 19.3 Å². The van der Waals surface area contributed by atoms with Gasteiger partial charge in [-0.2, -0.15) is 0 Å². The largest absolute Gasteiger partial charge is 0.472 e. The van der Waals surface area contributed by atoms with E-state index in [2.05, 4.69) is 186 Å². The standard InChI is InChI=1S/C87H142O17P2/c1-5-9-13-17-21-25-29-33-36-39-40-43-45-49-52-56-60-64-68-72-85(90)98-78-83(104-87(92)74-70-66-62-58-54-50-46-42-38-35-31-27-23-19-15-11-7-3)80-102-106(95,96)100-76-81(88)75-99-105(93,94)101-79-82(103-86(91)73-69-65-61-57-53-47-32-28-24-20-16-12-8-4)77-97-84(89)71-67-63-59-55-51-48-44-41-37-34-30-26-22-18-14-10-6-2/h10-11,14-16,20-23,25-28,32-38,40,43-44,46,48,50,55,59,81-83,88H,5-9,12-13,17-19,24,29-31,39,41-42,45,47,49,51-54,56-58,60-80H2,1-4H3,(H,93,94)(H,95,96)/b14-10-,15-11-,20-16-,25-21-,26-22-,27-23-,32-28-,36-33-,37-34-,38-35-,43-40-,48-44-,50-46-,59-55-. The highest BCUT2D eigenvalue weighted by Crippen LogP contribution is 2.45. The van der Waals surface area contributed by atoms with Gasteiger partial charge in [-0.25, -0.2) is 9.13 Å². The van der Waals surface area contributed by atoms with Gasteiger partial charge in [-0.05, 0) is 167 Å². The van der Waals surface area contributed by atoms with Crippen LogP contribution in [0.3, 0.4) is 0 Å². The first-order valence-electron chi connectivity index (χ1n) is 40.4. The van der Waals surface area contributed by atoms with E-state index in [1.54, 1.807) is 0 Å². The van der Waals surface area contributed by atoms with Crippen molar-refractivity contribution in [2.45, 2.75) is 316 Å². The molecular weight excluding hydrogens is 1380 g/mol. The molecule has 0 aromatic carbocycles. The van der Waals surface area contributed by atoms with Crippen LogP contribution < -0.4 is 0 Å². The van der Waals surface area contributed by atoms with Gasteiger partial charge < -0.3 is 33.8 Å². The lowest BCUT2D eigenvalue weighted by atomic mass is 10.1. The third-order valence-electron chi connectivity index (χ3n) is 16.1. The van der Waals surface area contributed by atoms with Crippen LogP contribution in [-0.2, 0) is 65.4 Å². The first-order chi connectivity index (χ1) is 51.7. The summed E-state index contributed by atoms with van der Waals surface area (Å²) in [5.41, 5.74) is 0. The molecule has 0 saturated carbocycles. The van der Waals surface area contributed by atoms with Crippen LogP contribution in [0.4, 0.5) is 0 Å². The van der Waals surface area contributed by atoms with Gasteiger partial charge in [0, 0.05) is 25.7 Å². The minimum absolute atomic E-state index is 0.0565. The molecule has 0 aliphatic heterocycles. The van der Waals surface area contributed by atoms with Crippen molar-refractivity contribution < 1.29 is 80.2 Å². The highest BCUT2D eigenvalue weighted by Gasteiger charge is 2.30. The number of aliphatic hydroxyl groups excluding tert-OH is 1. The van der Waals surface area contributed by atoms with Crippen molar-refractivity contribution in [2.75, 3.05) is 39.6 Å². The number of phosphoric ester groups is 2. The molecule has 0 rings (SSSR count). The molecule has 5 atom stereocenters. The maximum absolute atomic E-state index is 13.1. The maximum atomic E-state index is 13.1. The van der Waals surface area contributed by atoms with Crippen LogP contribution in [0, 0.1) is 0 Å². The molecule has 602 valence electrons. The van der Waals surface area contributed by atoms with Gasteiger partial charge in [0.2, 0.25) is 0 Å². The van der Waals surface area contributed by atoms with E-state index in [-0.39, 0.29) is 25.7 Å². The fourth-order valence-corrected chi connectivity index (χ4v) is 11.6. The third-order valence-corrected chi connectivity index (χ3v) is 18.0. The molecule has 3 N–H and O–H groups in total. The van der Waals surface area contributed by atoms with Gasteiger partial charge in [-0.3, -0.25) is 37.3 Å². The first kappa shape index (κ1) is 100. The zero-order valence-corrected chi connectivity index (χ0v) is 67.6. The number of unbranched alkanes of at least 4 members (excludes halogenated alkanes) is 20. The van der Waals surface area contributed by atoms with Crippen LogP contribution in [0.5, 0.6) is 0 Å². The molecule has 0 aliphatic carbocycles. The number of aliphatic hydroxyl groups is 1. The van der Waals surface area contributed by atoms with Gasteiger partial charge in [0.15, 0.2) is 12.2 Å². The normalized spacial score (nSPS) is 14.7. The summed E-state index contributed by atoms with van der Waals surface area (Å²) in [7, 11) is -10.0. The Balaban J connectivity index is 5.46. The van der Waals surface area contributed by atoms with E-state index in [0.29, 0.717) is 32.1 Å². The summed E-state index contributed by atoms with van der Waals surface area (Å²) in [6, 6.07) is 0. The zero-order chi connectivity index (χ0) is 77.4. The molecule has 0 radical (unpaired) electrons. The van der Waals surface area contributed by atoms with E-state index >= 15 is 0 Å². The van der Waals surface area contributed by atoms with Crippen LogP contribution in [-0.4, -0.2) is 96.7 Å². The number of esters is 4. The summed E-state index contributed by atoms with van der Waals surface area (Å²) in [5.74, 6) is -2.31. The minimum Gasteiger partial charge on any atom is -0.462 e. The van der Waals surface area contributed by atoms with Crippen molar-refractivity contribution in [3.05, 3.63) is 170 Å². The molecule has 0 aromatic rings. The molecule has 0 bridgehead atoms. The predicted molar refractivity (Wildman–Crippen MR) is 436 cm³/mol. The first-order valence-corrected chi connectivity index (χ1v) is 43.4. The van der Waals surface area contributed by atoms with E-state index in [0.717, 1.165) is 193 Å². The second-order valence-electron chi connectivity index (χ2n) is 26.2. The lowest BCUT2D eigenvalue weighted by molar-refractivity contribution is -0.161. The summed E-state index contributed by atoms with van der Waals surface area (Å²) in [6.07, 6.45) is 91.9. The number of hydrogen-bond donors (Lipinski definition) is 3. The summed E-state index contributed by atoms with van der Waals surface area (Å²) in [4.78, 5) is 73.1. The van der Waals surface area contributed by atoms with Crippen molar-refractivity contribution in [3.8, 4) is 0 Å². The van der Waals surface area contributed by atoms with Crippen molar-refractivity contribution in [3.63, 3.8) is 0 Å². The number of phosphoric acid groups is 2. The van der Waals surface area contributed by atoms with Crippen LogP contribution in [0.15, 0.2) is 170 Å². The van der Waals surface area contributed by atoms with Crippen molar-refractivity contribution >= 4 is 39.5 Å². The summed E-state index contributed by atoms with van der Waals surface area (Å²) < 4.78 is 68.6. The van der Waals surface area contributed by atoms with E-state index in [4.69, 9.17) is 37.0 Å². The van der Waals surface area contributed by atoms with Crippen molar-refractivity contribution in [1.82, 2.24) is 0 Å². The van der Waals surface area contributed by atoms with Crippen LogP contribution in [0.2, 0.25) is 0 Å². The van der Waals surface area contributed by atoms with Crippen molar-refractivity contribution in [1.29, 1.82) is 0 Å². The number of carbonyl (C=O) groups is 4. The molecule has 0 saturated heterocycles. The molecule has 106 heavy (non-hydrogen) atoms. The lowest BCUT2D eigenvalue weighted by Crippen LogP contribution is -2.30. The lowest BCUT2D eigenvalue weighted by Gasteiger charge is -2.21. The Kier molecular flexibility index (Phi) is 73.5. The average molecular weight is 1520 g/mol. The zero-order valence-electron chi connectivity index (χ0n) is 65.8.